The van der Waals surface area contributed by atoms with Gasteiger partial charge in [0.25, 0.3) is 0 Å². The van der Waals surface area contributed by atoms with Crippen LogP contribution in [0.1, 0.15) is 78.1 Å². The number of hydrogen-bond donors (Lipinski definition) is 1. The first-order valence-corrected chi connectivity index (χ1v) is 7.51. The van der Waals surface area contributed by atoms with Gasteiger partial charge in [-0.1, -0.05) is 46.0 Å². The maximum atomic E-state index is 11.5. The largest absolute Gasteiger partial charge is 0.481 e. The summed E-state index contributed by atoms with van der Waals surface area (Å²) in [7, 11) is 0. The minimum absolute atomic E-state index is 0.0777. The molecule has 1 N–H and O–H groups in total. The number of carboxylic acid groups (broad SMARTS) is 1. The third-order valence-corrected chi connectivity index (χ3v) is 3.06. The Morgan fingerprint density at radius 2 is 1.63 bits per heavy atom. The quantitative estimate of drug-likeness (QED) is 0.432. The van der Waals surface area contributed by atoms with Crippen molar-refractivity contribution in [1.29, 1.82) is 0 Å². The van der Waals surface area contributed by atoms with Crippen LogP contribution in [0, 0.1) is 0 Å². The van der Waals surface area contributed by atoms with Crippen molar-refractivity contribution in [3.05, 3.63) is 0 Å². The Kier molecular flexibility index (Phi) is 11.3. The maximum absolute atomic E-state index is 11.5. The second-order valence-corrected chi connectivity index (χ2v) is 5.02. The lowest BCUT2D eigenvalue weighted by molar-refractivity contribution is -0.153. The normalized spacial score (nSPS) is 12.1. The summed E-state index contributed by atoms with van der Waals surface area (Å²) >= 11 is 0. The summed E-state index contributed by atoms with van der Waals surface area (Å²) in [5, 5.41) is 8.82. The molecule has 0 rings (SSSR count). The minimum Gasteiger partial charge on any atom is -0.481 e. The van der Waals surface area contributed by atoms with E-state index >= 15 is 0 Å². The fourth-order valence-electron chi connectivity index (χ4n) is 1.94. The topological polar surface area (TPSA) is 63.6 Å². The average Bonchev–Trinajstić information content (AvgIpc) is 2.35. The molecule has 0 aliphatic heterocycles. The van der Waals surface area contributed by atoms with Crippen LogP contribution in [-0.2, 0) is 14.3 Å². The van der Waals surface area contributed by atoms with Crippen LogP contribution in [0.4, 0.5) is 0 Å². The van der Waals surface area contributed by atoms with Crippen molar-refractivity contribution in [2.75, 3.05) is 0 Å². The summed E-state index contributed by atoms with van der Waals surface area (Å²) in [6.45, 7) is 4.17. The lowest BCUT2D eigenvalue weighted by Crippen LogP contribution is -2.21. The first-order chi connectivity index (χ1) is 9.10. The van der Waals surface area contributed by atoms with Gasteiger partial charge in [0.05, 0.1) is 6.42 Å². The van der Waals surface area contributed by atoms with Crippen molar-refractivity contribution < 1.29 is 19.4 Å². The van der Waals surface area contributed by atoms with E-state index < -0.39 is 12.1 Å². The number of esters is 1. The zero-order valence-corrected chi connectivity index (χ0v) is 12.3. The molecular weight excluding hydrogens is 244 g/mol. The molecule has 0 aliphatic rings. The van der Waals surface area contributed by atoms with Gasteiger partial charge in [-0.3, -0.25) is 9.59 Å². The van der Waals surface area contributed by atoms with Crippen LogP contribution < -0.4 is 0 Å². The van der Waals surface area contributed by atoms with E-state index in [1.54, 1.807) is 0 Å². The van der Waals surface area contributed by atoms with Crippen molar-refractivity contribution >= 4 is 11.9 Å². The summed E-state index contributed by atoms with van der Waals surface area (Å²) in [6, 6.07) is 0. The van der Waals surface area contributed by atoms with Gasteiger partial charge in [0.1, 0.15) is 6.10 Å². The molecule has 0 amide bonds. The first kappa shape index (κ1) is 17.9. The summed E-state index contributed by atoms with van der Waals surface area (Å²) in [4.78, 5) is 22.3. The predicted octanol–water partition coefficient (Wildman–Crippen LogP) is 3.92. The third-order valence-electron chi connectivity index (χ3n) is 3.06. The highest BCUT2D eigenvalue weighted by atomic mass is 16.5. The Labute approximate surface area is 116 Å². The number of carbonyl (C=O) groups excluding carboxylic acids is 1. The molecule has 0 aromatic heterocycles. The number of carboxylic acids is 1. The summed E-state index contributed by atoms with van der Waals surface area (Å²) < 4.78 is 5.25. The summed E-state index contributed by atoms with van der Waals surface area (Å²) in [5.41, 5.74) is 0. The van der Waals surface area contributed by atoms with Gasteiger partial charge in [-0.25, -0.2) is 0 Å². The number of rotatable bonds is 12. The molecule has 112 valence electrons. The zero-order chi connectivity index (χ0) is 14.5. The molecule has 0 bridgehead atoms. The molecule has 1 unspecified atom stereocenters. The van der Waals surface area contributed by atoms with Crippen molar-refractivity contribution in [2.45, 2.75) is 84.2 Å². The van der Waals surface area contributed by atoms with Crippen LogP contribution in [0.25, 0.3) is 0 Å². The van der Waals surface area contributed by atoms with E-state index in [4.69, 9.17) is 9.84 Å². The van der Waals surface area contributed by atoms with Gasteiger partial charge in [0.15, 0.2) is 0 Å². The fraction of sp³-hybridized carbons (Fsp3) is 0.867. The number of hydrogen-bond acceptors (Lipinski definition) is 3. The third kappa shape index (κ3) is 11.7. The van der Waals surface area contributed by atoms with Crippen LogP contribution in [0.5, 0.6) is 0 Å². The fourth-order valence-corrected chi connectivity index (χ4v) is 1.94. The van der Waals surface area contributed by atoms with E-state index in [0.29, 0.717) is 12.8 Å². The highest BCUT2D eigenvalue weighted by Gasteiger charge is 2.17. The highest BCUT2D eigenvalue weighted by Crippen LogP contribution is 2.13. The van der Waals surface area contributed by atoms with Gasteiger partial charge in [0.2, 0.25) is 0 Å². The molecule has 0 saturated heterocycles. The number of aliphatic carboxylic acids is 1. The molecule has 1 atom stereocenters. The van der Waals surface area contributed by atoms with Gasteiger partial charge >= 0.3 is 11.9 Å². The molecule has 0 radical (unpaired) electrons. The van der Waals surface area contributed by atoms with Crippen LogP contribution in [0.3, 0.4) is 0 Å². The summed E-state index contributed by atoms with van der Waals surface area (Å²) in [5.74, 6) is -1.16. The Bertz CT molecular complexity index is 251. The Morgan fingerprint density at radius 1 is 1.00 bits per heavy atom. The smallest absolute Gasteiger partial charge is 0.307 e. The van der Waals surface area contributed by atoms with E-state index in [0.717, 1.165) is 25.7 Å². The molecule has 4 nitrogen and oxygen atoms in total. The van der Waals surface area contributed by atoms with Crippen LogP contribution in [-0.4, -0.2) is 23.1 Å². The molecular formula is C15H28O4. The van der Waals surface area contributed by atoms with Gasteiger partial charge in [-0.05, 0) is 19.3 Å². The van der Waals surface area contributed by atoms with Gasteiger partial charge in [-0.15, -0.1) is 0 Å². The van der Waals surface area contributed by atoms with E-state index in [9.17, 15) is 9.59 Å². The number of ether oxygens (including phenoxy) is 1. The molecule has 0 saturated carbocycles. The lowest BCUT2D eigenvalue weighted by atomic mass is 10.1. The van der Waals surface area contributed by atoms with E-state index in [2.05, 4.69) is 6.92 Å². The molecule has 19 heavy (non-hydrogen) atoms. The first-order valence-electron chi connectivity index (χ1n) is 7.51. The molecule has 0 aromatic rings. The minimum atomic E-state index is -0.901. The second kappa shape index (κ2) is 12.0. The monoisotopic (exact) mass is 272 g/mol. The van der Waals surface area contributed by atoms with Gasteiger partial charge < -0.3 is 9.84 Å². The van der Waals surface area contributed by atoms with Crippen LogP contribution in [0.15, 0.2) is 0 Å². The van der Waals surface area contributed by atoms with Crippen molar-refractivity contribution in [1.82, 2.24) is 0 Å². The molecule has 0 aliphatic carbocycles. The molecule has 0 heterocycles. The van der Waals surface area contributed by atoms with Crippen LogP contribution in [0.2, 0.25) is 0 Å². The Hall–Kier alpha value is -1.06. The van der Waals surface area contributed by atoms with Crippen LogP contribution >= 0.6 is 0 Å². The van der Waals surface area contributed by atoms with E-state index in [-0.39, 0.29) is 12.4 Å². The van der Waals surface area contributed by atoms with Crippen molar-refractivity contribution in [2.24, 2.45) is 0 Å². The average molecular weight is 272 g/mol. The predicted molar refractivity (Wildman–Crippen MR) is 75.0 cm³/mol. The Morgan fingerprint density at radius 3 is 2.21 bits per heavy atom. The van der Waals surface area contributed by atoms with E-state index in [1.807, 2.05) is 6.92 Å². The van der Waals surface area contributed by atoms with Gasteiger partial charge in [0, 0.05) is 6.42 Å². The maximum Gasteiger partial charge on any atom is 0.307 e. The molecule has 0 aromatic carbocycles. The standard InChI is InChI=1S/C15H28O4/c1-3-5-7-8-9-10-13(12-14(16)17)19-15(18)11-6-4-2/h13H,3-12H2,1-2H3,(H,16,17). The molecule has 0 spiro atoms. The summed E-state index contributed by atoms with van der Waals surface area (Å²) in [6.07, 6.45) is 7.83. The van der Waals surface area contributed by atoms with Crippen molar-refractivity contribution in [3.8, 4) is 0 Å². The highest BCUT2D eigenvalue weighted by molar-refractivity contribution is 5.71. The molecule has 4 heteroatoms. The van der Waals surface area contributed by atoms with E-state index in [1.165, 1.54) is 19.3 Å². The lowest BCUT2D eigenvalue weighted by Gasteiger charge is -2.16. The number of unbranched alkanes of at least 4 members (excludes halogenated alkanes) is 5. The SMILES string of the molecule is CCCCCCCC(CC(=O)O)OC(=O)CCCC. The molecule has 0 fully saturated rings. The van der Waals surface area contributed by atoms with Gasteiger partial charge in [-0.2, -0.15) is 0 Å². The zero-order valence-electron chi connectivity index (χ0n) is 12.3. The second-order valence-electron chi connectivity index (χ2n) is 5.02. The van der Waals surface area contributed by atoms with Crippen molar-refractivity contribution in [3.63, 3.8) is 0 Å². The Balaban J connectivity index is 3.94. The number of carbonyl (C=O) groups is 2.